The molecule has 102 valence electrons. The van der Waals surface area contributed by atoms with Gasteiger partial charge in [0.2, 0.25) is 0 Å². The van der Waals surface area contributed by atoms with Crippen LogP contribution < -0.4 is 4.57 Å². The minimum Gasteiger partial charge on any atom is -0.208 e. The van der Waals surface area contributed by atoms with Gasteiger partial charge in [-0.15, -0.1) is 0 Å². The fraction of sp³-hybridized carbons (Fsp3) is 0.688. The zero-order valence-corrected chi connectivity index (χ0v) is 14.2. The molecule has 1 aromatic rings. The number of nitrogens with zero attached hydrogens (tertiary/aromatic N) is 1. The molecule has 1 rings (SSSR count). The van der Waals surface area contributed by atoms with Gasteiger partial charge in [0, 0.05) is 12.1 Å². The van der Waals surface area contributed by atoms with Crippen LogP contribution in [0.15, 0.2) is 24.5 Å². The van der Waals surface area contributed by atoms with Crippen LogP contribution in [0.5, 0.6) is 0 Å². The van der Waals surface area contributed by atoms with Crippen molar-refractivity contribution in [3.8, 4) is 0 Å². The Morgan fingerprint density at radius 2 is 1.28 bits per heavy atom. The number of hydrogen-bond acceptors (Lipinski definition) is 0. The van der Waals surface area contributed by atoms with E-state index in [0.29, 0.717) is 0 Å². The summed E-state index contributed by atoms with van der Waals surface area (Å²) in [6.07, 6.45) is 4.35. The summed E-state index contributed by atoms with van der Waals surface area (Å²) >= 11 is 0. The first kappa shape index (κ1) is 15.4. The average molecular weight is 265 g/mol. The van der Waals surface area contributed by atoms with E-state index in [1.165, 1.54) is 11.6 Å². The van der Waals surface area contributed by atoms with Crippen LogP contribution in [0.4, 0.5) is 0 Å². The lowest BCUT2D eigenvalue weighted by atomic mass is 10.3. The van der Waals surface area contributed by atoms with Gasteiger partial charge in [-0.05, 0) is 11.6 Å². The van der Waals surface area contributed by atoms with Gasteiger partial charge in [0.15, 0.2) is 12.4 Å². The summed E-state index contributed by atoms with van der Waals surface area (Å²) in [5.74, 6) is 0. The van der Waals surface area contributed by atoms with Crippen LogP contribution in [-0.2, 0) is 13.1 Å². The number of hydrogen-bond donors (Lipinski definition) is 0. The molecule has 1 nitrogen and oxygen atoms in total. The fourth-order valence-electron chi connectivity index (χ4n) is 3.62. The lowest BCUT2D eigenvalue weighted by Gasteiger charge is -2.43. The summed E-state index contributed by atoms with van der Waals surface area (Å²) in [5.41, 5.74) is 4.04. The molecule has 0 spiro atoms. The monoisotopic (exact) mass is 264 g/mol. The number of aryl methyl sites for hydroxylation is 1. The molecule has 0 saturated heterocycles. The Labute approximate surface area is 114 Å². The number of aromatic nitrogens is 1. The lowest BCUT2D eigenvalue weighted by Crippen LogP contribution is -2.47. The van der Waals surface area contributed by atoms with Crippen LogP contribution in [0.25, 0.3) is 0 Å². The zero-order chi connectivity index (χ0) is 13.9. The fourth-order valence-corrected chi connectivity index (χ4v) is 9.78. The first-order chi connectivity index (χ1) is 8.30. The molecule has 0 aliphatic carbocycles. The van der Waals surface area contributed by atoms with E-state index in [9.17, 15) is 0 Å². The maximum atomic E-state index is 2.44. The van der Waals surface area contributed by atoms with E-state index in [1.807, 2.05) is 0 Å². The Hall–Kier alpha value is -0.633. The summed E-state index contributed by atoms with van der Waals surface area (Å²) in [7, 11) is 0.790. The molecule has 0 fully saturated rings. The first-order valence-corrected chi connectivity index (χ1v) is 9.68. The van der Waals surface area contributed by atoms with E-state index < -0.39 is 8.07 Å². The molecular weight excluding hydrogens is 234 g/mol. The summed E-state index contributed by atoms with van der Waals surface area (Å²) in [6, 6.07) is 5.92. The second-order valence-corrected chi connectivity index (χ2v) is 12.7. The highest BCUT2D eigenvalue weighted by Gasteiger charge is 2.42. The van der Waals surface area contributed by atoms with Crippen molar-refractivity contribution in [3.05, 3.63) is 30.1 Å². The van der Waals surface area contributed by atoms with Gasteiger partial charge in [-0.25, -0.2) is 4.57 Å². The molecule has 0 radical (unpaired) electrons. The predicted octanol–water partition coefficient (Wildman–Crippen LogP) is 4.27. The van der Waals surface area contributed by atoms with Gasteiger partial charge < -0.3 is 0 Å². The van der Waals surface area contributed by atoms with Gasteiger partial charge in [-0.1, -0.05) is 58.2 Å². The highest BCUT2D eigenvalue weighted by molar-refractivity contribution is 6.83. The average Bonchev–Trinajstić information content (AvgIpc) is 2.26. The van der Waals surface area contributed by atoms with E-state index in [-0.39, 0.29) is 0 Å². The van der Waals surface area contributed by atoms with Gasteiger partial charge in [-0.2, -0.15) is 0 Å². The molecule has 0 aromatic carbocycles. The normalized spacial score (nSPS) is 12.8. The van der Waals surface area contributed by atoms with E-state index in [1.54, 1.807) is 0 Å². The van der Waals surface area contributed by atoms with Crippen molar-refractivity contribution in [1.82, 2.24) is 0 Å². The molecule has 0 aliphatic rings. The molecule has 2 heteroatoms. The summed E-state index contributed by atoms with van der Waals surface area (Å²) < 4.78 is 2.12. The van der Waals surface area contributed by atoms with Gasteiger partial charge in [0.25, 0.3) is 0 Å². The Kier molecular flexibility index (Phi) is 5.15. The third-order valence-corrected chi connectivity index (χ3v) is 12.3. The van der Waals surface area contributed by atoms with Gasteiger partial charge >= 0.3 is 0 Å². The highest BCUT2D eigenvalue weighted by atomic mass is 28.3. The SMILES string of the molecule is CC(C)[Si](Cc1cc[n+](C)cc1)(C(C)C)C(C)C. The Bertz CT molecular complexity index is 343. The van der Waals surface area contributed by atoms with Crippen LogP contribution in [0.2, 0.25) is 16.6 Å². The third-order valence-electron chi connectivity index (χ3n) is 4.78. The topological polar surface area (TPSA) is 3.88 Å². The van der Waals surface area contributed by atoms with Crippen molar-refractivity contribution >= 4 is 8.07 Å². The Morgan fingerprint density at radius 3 is 1.61 bits per heavy atom. The largest absolute Gasteiger partial charge is 0.208 e. The third kappa shape index (κ3) is 3.03. The minimum absolute atomic E-state index is 0.839. The molecule has 1 aromatic heterocycles. The smallest absolute Gasteiger partial charge is 0.168 e. The van der Waals surface area contributed by atoms with Crippen molar-refractivity contribution in [2.24, 2.45) is 7.05 Å². The van der Waals surface area contributed by atoms with E-state index >= 15 is 0 Å². The molecule has 0 aliphatic heterocycles. The molecule has 0 amide bonds. The summed E-state index contributed by atoms with van der Waals surface area (Å²) in [5, 5.41) is 0. The highest BCUT2D eigenvalue weighted by Crippen LogP contribution is 2.43. The molecule has 0 N–H and O–H groups in total. The molecule has 0 atom stereocenters. The lowest BCUT2D eigenvalue weighted by molar-refractivity contribution is -0.671. The standard InChI is InChI=1S/C16H30NSi/c1-13(2)18(14(3)4,15(5)6)12-16-8-10-17(7)11-9-16/h8-11,13-15H,12H2,1-7H3/q+1. The molecule has 18 heavy (non-hydrogen) atoms. The van der Waals surface area contributed by atoms with Crippen LogP contribution in [0.3, 0.4) is 0 Å². The maximum absolute atomic E-state index is 2.44. The van der Waals surface area contributed by atoms with Crippen LogP contribution in [-0.4, -0.2) is 8.07 Å². The van der Waals surface area contributed by atoms with Crippen molar-refractivity contribution in [2.75, 3.05) is 0 Å². The predicted molar refractivity (Wildman–Crippen MR) is 82.4 cm³/mol. The minimum atomic E-state index is -1.30. The van der Waals surface area contributed by atoms with Crippen LogP contribution in [0.1, 0.15) is 47.1 Å². The zero-order valence-electron chi connectivity index (χ0n) is 13.2. The quantitative estimate of drug-likeness (QED) is 0.552. The second kappa shape index (κ2) is 6.01. The number of pyridine rings is 1. The van der Waals surface area contributed by atoms with Gasteiger partial charge in [0.1, 0.15) is 7.05 Å². The van der Waals surface area contributed by atoms with E-state index in [4.69, 9.17) is 0 Å². The molecule has 0 unspecified atom stereocenters. The molecule has 0 bridgehead atoms. The molecule has 0 saturated carbocycles. The number of rotatable bonds is 5. The Balaban J connectivity index is 3.08. The van der Waals surface area contributed by atoms with Crippen molar-refractivity contribution in [2.45, 2.75) is 64.2 Å². The van der Waals surface area contributed by atoms with Gasteiger partial charge in [-0.3, -0.25) is 0 Å². The van der Waals surface area contributed by atoms with Crippen LogP contribution in [0, 0.1) is 0 Å². The molecule has 1 heterocycles. The van der Waals surface area contributed by atoms with Crippen molar-refractivity contribution < 1.29 is 4.57 Å². The summed E-state index contributed by atoms with van der Waals surface area (Å²) in [6.45, 7) is 14.6. The first-order valence-electron chi connectivity index (χ1n) is 7.24. The van der Waals surface area contributed by atoms with Gasteiger partial charge in [0.05, 0.1) is 8.07 Å². The van der Waals surface area contributed by atoms with E-state index in [0.717, 1.165) is 16.6 Å². The summed E-state index contributed by atoms with van der Waals surface area (Å²) in [4.78, 5) is 0. The second-order valence-electron chi connectivity index (χ2n) is 6.63. The molecular formula is C16H30NSi+. The van der Waals surface area contributed by atoms with Crippen molar-refractivity contribution in [1.29, 1.82) is 0 Å². The van der Waals surface area contributed by atoms with Crippen molar-refractivity contribution in [3.63, 3.8) is 0 Å². The maximum Gasteiger partial charge on any atom is 0.168 e. The van der Waals surface area contributed by atoms with E-state index in [2.05, 4.69) is 77.7 Å². The van der Waals surface area contributed by atoms with Crippen LogP contribution >= 0.6 is 0 Å². The Morgan fingerprint density at radius 1 is 0.889 bits per heavy atom.